The Hall–Kier alpha value is -2.15. The van der Waals surface area contributed by atoms with E-state index in [1.165, 1.54) is 0 Å². The van der Waals surface area contributed by atoms with Gasteiger partial charge in [0, 0.05) is 5.69 Å². The summed E-state index contributed by atoms with van der Waals surface area (Å²) in [6, 6.07) is 6.67. The number of anilines is 2. The van der Waals surface area contributed by atoms with Gasteiger partial charge in [-0.2, -0.15) is 0 Å². The van der Waals surface area contributed by atoms with E-state index in [1.807, 2.05) is 13.0 Å². The molecule has 106 valence electrons. The Bertz CT molecular complexity index is 740. The third-order valence-corrected chi connectivity index (χ3v) is 3.97. The Morgan fingerprint density at radius 3 is 2.50 bits per heavy atom. The number of nitrogen functional groups attached to an aromatic ring is 1. The number of sulfonamides is 1. The normalized spacial score (nSPS) is 11.3. The zero-order valence-electron chi connectivity index (χ0n) is 11.0. The summed E-state index contributed by atoms with van der Waals surface area (Å²) in [6.07, 6.45) is 0. The van der Waals surface area contributed by atoms with Gasteiger partial charge in [0.15, 0.2) is 0 Å². The van der Waals surface area contributed by atoms with Crippen LogP contribution in [0.4, 0.5) is 15.9 Å². The standard InChI is InChI=1S/C13H14FN3O2S/c1-8-5-9(2)16-13(6-8)17-20(18,19)10-3-4-11(14)12(15)7-10/h3-7H,15H2,1-2H3,(H,16,17). The highest BCUT2D eigenvalue weighted by Gasteiger charge is 2.16. The second kappa shape index (κ2) is 5.09. The van der Waals surface area contributed by atoms with Crippen molar-refractivity contribution in [3.8, 4) is 0 Å². The van der Waals surface area contributed by atoms with Crippen molar-refractivity contribution in [2.24, 2.45) is 0 Å². The van der Waals surface area contributed by atoms with Crippen molar-refractivity contribution in [2.75, 3.05) is 10.5 Å². The molecule has 0 bridgehead atoms. The summed E-state index contributed by atoms with van der Waals surface area (Å²) in [5.74, 6) is -0.445. The van der Waals surface area contributed by atoms with Crippen LogP contribution in [0.3, 0.4) is 0 Å². The average Bonchev–Trinajstić information content (AvgIpc) is 2.30. The van der Waals surface area contributed by atoms with Crippen LogP contribution in [0.1, 0.15) is 11.3 Å². The number of aromatic nitrogens is 1. The van der Waals surface area contributed by atoms with E-state index in [2.05, 4.69) is 9.71 Å². The molecule has 0 amide bonds. The van der Waals surface area contributed by atoms with Crippen molar-refractivity contribution < 1.29 is 12.8 Å². The first-order valence-corrected chi connectivity index (χ1v) is 7.29. The monoisotopic (exact) mass is 295 g/mol. The fraction of sp³-hybridized carbons (Fsp3) is 0.154. The van der Waals surface area contributed by atoms with Gasteiger partial charge in [-0.3, -0.25) is 4.72 Å². The van der Waals surface area contributed by atoms with Gasteiger partial charge in [0.05, 0.1) is 10.6 Å². The molecule has 0 unspecified atom stereocenters. The molecule has 0 atom stereocenters. The number of hydrogen-bond donors (Lipinski definition) is 2. The van der Waals surface area contributed by atoms with E-state index >= 15 is 0 Å². The minimum Gasteiger partial charge on any atom is -0.396 e. The van der Waals surface area contributed by atoms with E-state index in [0.29, 0.717) is 5.69 Å². The topological polar surface area (TPSA) is 85.1 Å². The lowest BCUT2D eigenvalue weighted by molar-refractivity contribution is 0.600. The maximum absolute atomic E-state index is 13.1. The van der Waals surface area contributed by atoms with E-state index in [0.717, 1.165) is 23.8 Å². The first kappa shape index (κ1) is 14.3. The van der Waals surface area contributed by atoms with E-state index in [4.69, 9.17) is 5.73 Å². The second-order valence-electron chi connectivity index (χ2n) is 4.46. The molecular weight excluding hydrogens is 281 g/mol. The summed E-state index contributed by atoms with van der Waals surface area (Å²) in [5, 5.41) is 0. The number of nitrogens with zero attached hydrogens (tertiary/aromatic N) is 1. The van der Waals surface area contributed by atoms with Crippen LogP contribution in [0.25, 0.3) is 0 Å². The summed E-state index contributed by atoms with van der Waals surface area (Å²) in [7, 11) is -3.85. The Morgan fingerprint density at radius 1 is 1.20 bits per heavy atom. The molecule has 7 heteroatoms. The summed E-state index contributed by atoms with van der Waals surface area (Å²) < 4.78 is 39.7. The van der Waals surface area contributed by atoms with Crippen LogP contribution in [0.2, 0.25) is 0 Å². The lowest BCUT2D eigenvalue weighted by atomic mass is 10.2. The molecule has 0 saturated heterocycles. The molecule has 1 aromatic carbocycles. The van der Waals surface area contributed by atoms with Gasteiger partial charge in [-0.1, -0.05) is 0 Å². The van der Waals surface area contributed by atoms with Crippen molar-refractivity contribution in [1.82, 2.24) is 4.98 Å². The quantitative estimate of drug-likeness (QED) is 0.850. The van der Waals surface area contributed by atoms with Crippen LogP contribution in [0.5, 0.6) is 0 Å². The van der Waals surface area contributed by atoms with Crippen molar-refractivity contribution in [2.45, 2.75) is 18.7 Å². The SMILES string of the molecule is Cc1cc(C)nc(NS(=O)(=O)c2ccc(F)c(N)c2)c1. The molecular formula is C13H14FN3O2S. The van der Waals surface area contributed by atoms with Gasteiger partial charge in [0.2, 0.25) is 0 Å². The van der Waals surface area contributed by atoms with Gasteiger partial charge in [-0.05, 0) is 49.7 Å². The zero-order chi connectivity index (χ0) is 14.9. The largest absolute Gasteiger partial charge is 0.396 e. The van der Waals surface area contributed by atoms with Gasteiger partial charge < -0.3 is 5.73 Å². The zero-order valence-corrected chi connectivity index (χ0v) is 11.8. The minimum absolute atomic E-state index is 0.114. The smallest absolute Gasteiger partial charge is 0.263 e. The molecule has 3 N–H and O–H groups in total. The number of pyridine rings is 1. The summed E-state index contributed by atoms with van der Waals surface area (Å²) in [6.45, 7) is 3.60. The van der Waals surface area contributed by atoms with Gasteiger partial charge in [-0.25, -0.2) is 17.8 Å². The van der Waals surface area contributed by atoms with Gasteiger partial charge in [0.25, 0.3) is 10.0 Å². The number of benzene rings is 1. The second-order valence-corrected chi connectivity index (χ2v) is 6.14. The number of hydrogen-bond acceptors (Lipinski definition) is 4. The lowest BCUT2D eigenvalue weighted by Crippen LogP contribution is -2.14. The Labute approximate surface area is 116 Å². The average molecular weight is 295 g/mol. The third kappa shape index (κ3) is 3.05. The third-order valence-electron chi connectivity index (χ3n) is 2.61. The minimum atomic E-state index is -3.85. The number of nitrogens with one attached hydrogen (secondary N) is 1. The fourth-order valence-corrected chi connectivity index (χ4v) is 2.81. The van der Waals surface area contributed by atoms with Gasteiger partial charge in [-0.15, -0.1) is 0 Å². The van der Waals surface area contributed by atoms with Crippen molar-refractivity contribution in [1.29, 1.82) is 0 Å². The molecule has 2 rings (SSSR count). The van der Waals surface area contributed by atoms with Crippen molar-refractivity contribution >= 4 is 21.5 Å². The first-order valence-electron chi connectivity index (χ1n) is 5.81. The highest BCUT2D eigenvalue weighted by Crippen LogP contribution is 2.19. The first-order chi connectivity index (χ1) is 9.28. The summed E-state index contributed by atoms with van der Waals surface area (Å²) in [4.78, 5) is 3.98. The van der Waals surface area contributed by atoms with Gasteiger partial charge >= 0.3 is 0 Å². The van der Waals surface area contributed by atoms with Crippen molar-refractivity contribution in [3.63, 3.8) is 0 Å². The summed E-state index contributed by atoms with van der Waals surface area (Å²) >= 11 is 0. The molecule has 0 fully saturated rings. The van der Waals surface area contributed by atoms with E-state index in [-0.39, 0.29) is 16.4 Å². The maximum atomic E-state index is 13.1. The van der Waals surface area contributed by atoms with Crippen LogP contribution in [0.15, 0.2) is 35.2 Å². The van der Waals surface area contributed by atoms with Crippen LogP contribution in [-0.4, -0.2) is 13.4 Å². The number of aryl methyl sites for hydroxylation is 2. The molecule has 0 spiro atoms. The highest BCUT2D eigenvalue weighted by molar-refractivity contribution is 7.92. The molecule has 0 saturated carbocycles. The fourth-order valence-electron chi connectivity index (χ4n) is 1.78. The van der Waals surface area contributed by atoms with Gasteiger partial charge in [0.1, 0.15) is 11.6 Å². The lowest BCUT2D eigenvalue weighted by Gasteiger charge is -2.09. The number of nitrogens with two attached hydrogens (primary N) is 1. The molecule has 0 aliphatic carbocycles. The Morgan fingerprint density at radius 2 is 1.90 bits per heavy atom. The predicted octanol–water partition coefficient (Wildman–Crippen LogP) is 2.22. The highest BCUT2D eigenvalue weighted by atomic mass is 32.2. The van der Waals surface area contributed by atoms with E-state index in [9.17, 15) is 12.8 Å². The Kier molecular flexibility index (Phi) is 3.63. The molecule has 0 aliphatic rings. The predicted molar refractivity (Wildman–Crippen MR) is 75.3 cm³/mol. The van der Waals surface area contributed by atoms with Crippen LogP contribution in [-0.2, 0) is 10.0 Å². The molecule has 1 aromatic heterocycles. The summed E-state index contributed by atoms with van der Waals surface area (Å²) in [5.41, 5.74) is 6.73. The van der Waals surface area contributed by atoms with Crippen molar-refractivity contribution in [3.05, 3.63) is 47.4 Å². The van der Waals surface area contributed by atoms with Crippen LogP contribution >= 0.6 is 0 Å². The molecule has 0 aliphatic heterocycles. The molecule has 5 nitrogen and oxygen atoms in total. The molecule has 0 radical (unpaired) electrons. The van der Waals surface area contributed by atoms with E-state index in [1.54, 1.807) is 13.0 Å². The maximum Gasteiger partial charge on any atom is 0.263 e. The molecule has 2 aromatic rings. The van der Waals surface area contributed by atoms with Crippen LogP contribution in [0, 0.1) is 19.7 Å². The molecule has 20 heavy (non-hydrogen) atoms. The number of rotatable bonds is 3. The van der Waals surface area contributed by atoms with Crippen LogP contribution < -0.4 is 10.5 Å². The molecule has 1 heterocycles. The Balaban J connectivity index is 2.37. The van der Waals surface area contributed by atoms with E-state index < -0.39 is 15.8 Å². The number of halogens is 1.